The Balaban J connectivity index is 1.99. The number of aliphatic hydroxyl groups excluding tert-OH is 2. The maximum absolute atomic E-state index is 12.4. The number of ether oxygens (including phenoxy) is 1. The van der Waals surface area contributed by atoms with Crippen molar-refractivity contribution in [3.63, 3.8) is 0 Å². The van der Waals surface area contributed by atoms with Crippen molar-refractivity contribution < 1.29 is 19.7 Å². The average molecular weight is 300 g/mol. The highest BCUT2D eigenvalue weighted by molar-refractivity contribution is 5.98. The van der Waals surface area contributed by atoms with E-state index in [4.69, 9.17) is 9.84 Å². The van der Waals surface area contributed by atoms with Crippen LogP contribution in [0.15, 0.2) is 54.6 Å². The molecule has 4 nitrogen and oxygen atoms in total. The smallest absolute Gasteiger partial charge is 0.166 e. The second-order valence-corrected chi connectivity index (χ2v) is 5.05. The Morgan fingerprint density at radius 3 is 2.45 bits per heavy atom. The van der Waals surface area contributed by atoms with E-state index < -0.39 is 6.10 Å². The van der Waals surface area contributed by atoms with Crippen molar-refractivity contribution in [2.75, 3.05) is 13.2 Å². The number of hydrogen-bond acceptors (Lipinski definition) is 4. The van der Waals surface area contributed by atoms with E-state index in [2.05, 4.69) is 0 Å². The molecule has 0 spiro atoms. The fourth-order valence-corrected chi connectivity index (χ4v) is 2.10. The number of Topliss-reactive ketones (excluding diaryl/α,β-unsaturated/α-hetero) is 1. The summed E-state index contributed by atoms with van der Waals surface area (Å²) < 4.78 is 5.43. The lowest BCUT2D eigenvalue weighted by atomic mass is 10.0. The second-order valence-electron chi connectivity index (χ2n) is 5.05. The average Bonchev–Trinajstić information content (AvgIpc) is 2.58. The Hall–Kier alpha value is -2.17. The molecule has 116 valence electrons. The van der Waals surface area contributed by atoms with Gasteiger partial charge in [-0.25, -0.2) is 0 Å². The lowest BCUT2D eigenvalue weighted by Crippen LogP contribution is -2.22. The maximum atomic E-state index is 12.4. The first-order chi connectivity index (χ1) is 10.7. The molecule has 2 aromatic rings. The van der Waals surface area contributed by atoms with Crippen LogP contribution < -0.4 is 4.74 Å². The zero-order chi connectivity index (χ0) is 15.8. The third kappa shape index (κ3) is 4.69. The van der Waals surface area contributed by atoms with Crippen LogP contribution in [-0.4, -0.2) is 35.3 Å². The first-order valence-corrected chi connectivity index (χ1v) is 7.28. The van der Waals surface area contributed by atoms with Crippen LogP contribution in [-0.2, 0) is 6.42 Å². The number of aryl methyl sites for hydroxylation is 1. The quantitative estimate of drug-likeness (QED) is 0.734. The van der Waals surface area contributed by atoms with Gasteiger partial charge >= 0.3 is 0 Å². The standard InChI is InChI=1S/C18H20O4/c19-12-15(20)13-22-18-9-5-4-8-16(18)17(21)11-10-14-6-2-1-3-7-14/h1-9,15,19-20H,10-13H2/t15-/m0/s1. The number of benzene rings is 2. The van der Waals surface area contributed by atoms with E-state index in [9.17, 15) is 9.90 Å². The highest BCUT2D eigenvalue weighted by Crippen LogP contribution is 2.20. The van der Waals surface area contributed by atoms with E-state index >= 15 is 0 Å². The number of aliphatic hydroxyl groups is 2. The number of carbonyl (C=O) groups excluding carboxylic acids is 1. The minimum atomic E-state index is -0.951. The molecule has 1 atom stereocenters. The monoisotopic (exact) mass is 300 g/mol. The topological polar surface area (TPSA) is 66.8 Å². The molecular formula is C18H20O4. The third-order valence-corrected chi connectivity index (χ3v) is 3.31. The van der Waals surface area contributed by atoms with Crippen LogP contribution in [0, 0.1) is 0 Å². The number of carbonyl (C=O) groups is 1. The minimum absolute atomic E-state index is 0.00191. The molecule has 0 aromatic heterocycles. The molecule has 0 radical (unpaired) electrons. The molecule has 0 fully saturated rings. The normalized spacial score (nSPS) is 11.9. The van der Waals surface area contributed by atoms with Crippen LogP contribution in [0.4, 0.5) is 0 Å². The van der Waals surface area contributed by atoms with E-state index in [1.54, 1.807) is 24.3 Å². The van der Waals surface area contributed by atoms with Gasteiger partial charge in [-0.05, 0) is 24.1 Å². The summed E-state index contributed by atoms with van der Waals surface area (Å²) in [5.41, 5.74) is 1.62. The molecule has 2 aromatic carbocycles. The predicted molar refractivity (Wildman–Crippen MR) is 84.1 cm³/mol. The fourth-order valence-electron chi connectivity index (χ4n) is 2.10. The first kappa shape index (κ1) is 16.2. The van der Waals surface area contributed by atoms with Crippen molar-refractivity contribution >= 4 is 5.78 Å². The van der Waals surface area contributed by atoms with Crippen LogP contribution in [0.1, 0.15) is 22.3 Å². The van der Waals surface area contributed by atoms with Crippen molar-refractivity contribution in [1.29, 1.82) is 0 Å². The van der Waals surface area contributed by atoms with E-state index in [1.165, 1.54) is 0 Å². The summed E-state index contributed by atoms with van der Waals surface area (Å²) in [4.78, 5) is 12.4. The van der Waals surface area contributed by atoms with Crippen molar-refractivity contribution in [1.82, 2.24) is 0 Å². The Labute approximate surface area is 130 Å². The largest absolute Gasteiger partial charge is 0.490 e. The van der Waals surface area contributed by atoms with Crippen LogP contribution in [0.25, 0.3) is 0 Å². The molecule has 0 amide bonds. The molecule has 0 saturated heterocycles. The van der Waals surface area contributed by atoms with Crippen LogP contribution in [0.2, 0.25) is 0 Å². The zero-order valence-corrected chi connectivity index (χ0v) is 12.3. The Bertz CT molecular complexity index is 595. The molecule has 22 heavy (non-hydrogen) atoms. The molecule has 0 aliphatic rings. The molecule has 0 aliphatic carbocycles. The van der Waals surface area contributed by atoms with Gasteiger partial charge in [0.2, 0.25) is 0 Å². The molecule has 0 saturated carbocycles. The molecule has 2 N–H and O–H groups in total. The van der Waals surface area contributed by atoms with Crippen molar-refractivity contribution in [2.24, 2.45) is 0 Å². The molecule has 0 aliphatic heterocycles. The maximum Gasteiger partial charge on any atom is 0.166 e. The summed E-state index contributed by atoms with van der Waals surface area (Å²) in [5, 5.41) is 18.1. The lowest BCUT2D eigenvalue weighted by molar-refractivity contribution is 0.0531. The molecular weight excluding hydrogens is 280 g/mol. The van der Waals surface area contributed by atoms with Gasteiger partial charge in [0.1, 0.15) is 18.5 Å². The van der Waals surface area contributed by atoms with E-state index in [1.807, 2.05) is 30.3 Å². The zero-order valence-electron chi connectivity index (χ0n) is 12.3. The lowest BCUT2D eigenvalue weighted by Gasteiger charge is -2.13. The molecule has 2 rings (SSSR count). The Morgan fingerprint density at radius 1 is 1.05 bits per heavy atom. The van der Waals surface area contributed by atoms with E-state index in [0.717, 1.165) is 5.56 Å². The van der Waals surface area contributed by atoms with E-state index in [0.29, 0.717) is 24.2 Å². The summed E-state index contributed by atoms with van der Waals surface area (Å²) >= 11 is 0. The number of rotatable bonds is 8. The SMILES string of the molecule is O=C(CCc1ccccc1)c1ccccc1OC[C@@H](O)CO. The third-order valence-electron chi connectivity index (χ3n) is 3.31. The van der Waals surface area contributed by atoms with Crippen LogP contribution in [0.3, 0.4) is 0 Å². The summed E-state index contributed by atoms with van der Waals surface area (Å²) in [6.45, 7) is -0.413. The fraction of sp³-hybridized carbons (Fsp3) is 0.278. The van der Waals surface area contributed by atoms with Crippen molar-refractivity contribution in [3.05, 3.63) is 65.7 Å². The number of hydrogen-bond donors (Lipinski definition) is 2. The molecule has 0 bridgehead atoms. The summed E-state index contributed by atoms with van der Waals surface area (Å²) in [6, 6.07) is 16.8. The van der Waals surface area contributed by atoms with Gasteiger partial charge in [-0.1, -0.05) is 42.5 Å². The van der Waals surface area contributed by atoms with Gasteiger partial charge in [0, 0.05) is 6.42 Å². The van der Waals surface area contributed by atoms with Gasteiger partial charge < -0.3 is 14.9 Å². The van der Waals surface area contributed by atoms with Gasteiger partial charge in [0.05, 0.1) is 12.2 Å². The number of ketones is 1. The van der Waals surface area contributed by atoms with Crippen LogP contribution in [0.5, 0.6) is 5.75 Å². The minimum Gasteiger partial charge on any atom is -0.490 e. The van der Waals surface area contributed by atoms with Gasteiger partial charge in [0.15, 0.2) is 5.78 Å². The summed E-state index contributed by atoms with van der Waals surface area (Å²) in [5.74, 6) is 0.436. The van der Waals surface area contributed by atoms with E-state index in [-0.39, 0.29) is 19.0 Å². The summed E-state index contributed by atoms with van der Waals surface area (Å²) in [6.07, 6.45) is 0.118. The first-order valence-electron chi connectivity index (χ1n) is 7.28. The van der Waals surface area contributed by atoms with Crippen molar-refractivity contribution in [3.8, 4) is 5.75 Å². The van der Waals surface area contributed by atoms with Crippen LogP contribution >= 0.6 is 0 Å². The van der Waals surface area contributed by atoms with Gasteiger partial charge in [-0.15, -0.1) is 0 Å². The molecule has 0 heterocycles. The second kappa shape index (κ2) is 8.32. The Morgan fingerprint density at radius 2 is 1.73 bits per heavy atom. The van der Waals surface area contributed by atoms with Crippen molar-refractivity contribution in [2.45, 2.75) is 18.9 Å². The Kier molecular flexibility index (Phi) is 6.13. The molecule has 0 unspecified atom stereocenters. The van der Waals surface area contributed by atoms with Gasteiger partial charge in [-0.3, -0.25) is 4.79 Å². The molecule has 4 heteroatoms. The highest BCUT2D eigenvalue weighted by atomic mass is 16.5. The number of para-hydroxylation sites is 1. The summed E-state index contributed by atoms with van der Waals surface area (Å²) in [7, 11) is 0. The van der Waals surface area contributed by atoms with Gasteiger partial charge in [0.25, 0.3) is 0 Å². The predicted octanol–water partition coefficient (Wildman–Crippen LogP) is 2.23. The highest BCUT2D eigenvalue weighted by Gasteiger charge is 2.13. The van der Waals surface area contributed by atoms with Gasteiger partial charge in [-0.2, -0.15) is 0 Å².